The van der Waals surface area contributed by atoms with Gasteiger partial charge in [-0.2, -0.15) is 19.6 Å². The Hall–Kier alpha value is -1.36. The molecule has 5 nitrogen and oxygen atoms in total. The van der Waals surface area contributed by atoms with Crippen LogP contribution in [0.4, 0.5) is 5.82 Å². The Labute approximate surface area is 104 Å². The summed E-state index contributed by atoms with van der Waals surface area (Å²) in [6.07, 6.45) is 5.36. The number of halogens is 1. The molecule has 1 aliphatic rings. The summed E-state index contributed by atoms with van der Waals surface area (Å²) < 4.78 is 1.67. The first-order chi connectivity index (χ1) is 8.16. The number of rotatable bonds is 3. The van der Waals surface area contributed by atoms with Gasteiger partial charge in [0.05, 0.1) is 0 Å². The van der Waals surface area contributed by atoms with E-state index in [2.05, 4.69) is 27.3 Å². The molecule has 6 heteroatoms. The largest absolute Gasteiger partial charge is 0.369 e. The summed E-state index contributed by atoms with van der Waals surface area (Å²) >= 11 is 5.95. The van der Waals surface area contributed by atoms with Crippen LogP contribution in [-0.4, -0.2) is 26.1 Å². The maximum Gasteiger partial charge on any atom is 0.255 e. The van der Waals surface area contributed by atoms with Gasteiger partial charge in [-0.15, -0.1) is 0 Å². The van der Waals surface area contributed by atoms with E-state index in [4.69, 9.17) is 11.6 Å². The molecular formula is C11H14ClN5. The van der Waals surface area contributed by atoms with Crippen molar-refractivity contribution < 1.29 is 0 Å². The van der Waals surface area contributed by atoms with Crippen molar-refractivity contribution in [1.29, 1.82) is 0 Å². The second-order valence-corrected chi connectivity index (χ2v) is 5.34. The summed E-state index contributed by atoms with van der Waals surface area (Å²) in [6.45, 7) is 3.23. The highest BCUT2D eigenvalue weighted by Crippen LogP contribution is 2.40. The molecule has 3 rings (SSSR count). The molecule has 1 fully saturated rings. The van der Waals surface area contributed by atoms with E-state index >= 15 is 0 Å². The molecule has 0 aromatic carbocycles. The van der Waals surface area contributed by atoms with Crippen molar-refractivity contribution in [3.63, 3.8) is 0 Å². The van der Waals surface area contributed by atoms with Crippen molar-refractivity contribution >= 4 is 23.2 Å². The van der Waals surface area contributed by atoms with Crippen molar-refractivity contribution in [3.05, 3.63) is 17.5 Å². The second-order valence-electron chi connectivity index (χ2n) is 4.95. The minimum atomic E-state index is 0.405. The molecule has 0 radical (unpaired) electrons. The Morgan fingerprint density at radius 3 is 3.06 bits per heavy atom. The first kappa shape index (κ1) is 10.8. The van der Waals surface area contributed by atoms with E-state index in [0.717, 1.165) is 12.4 Å². The lowest BCUT2D eigenvalue weighted by Crippen LogP contribution is -2.33. The lowest BCUT2D eigenvalue weighted by Gasteiger charge is -2.38. The molecule has 0 amide bonds. The van der Waals surface area contributed by atoms with E-state index < -0.39 is 0 Å². The van der Waals surface area contributed by atoms with E-state index in [1.807, 2.05) is 0 Å². The van der Waals surface area contributed by atoms with Gasteiger partial charge in [-0.1, -0.05) is 24.9 Å². The smallest absolute Gasteiger partial charge is 0.255 e. The Bertz CT molecular complexity index is 546. The number of nitrogens with one attached hydrogen (secondary N) is 1. The lowest BCUT2D eigenvalue weighted by molar-refractivity contribution is 0.179. The number of fused-ring (bicyclic) bond motifs is 1. The molecule has 17 heavy (non-hydrogen) atoms. The zero-order chi connectivity index (χ0) is 11.9. The molecule has 1 aliphatic carbocycles. The summed E-state index contributed by atoms with van der Waals surface area (Å²) in [5, 5.41) is 7.96. The molecule has 1 saturated carbocycles. The third-order valence-electron chi connectivity index (χ3n) is 3.48. The number of nitrogens with zero attached hydrogens (tertiary/aromatic N) is 4. The van der Waals surface area contributed by atoms with Crippen LogP contribution in [0.5, 0.6) is 0 Å². The average Bonchev–Trinajstić information content (AvgIpc) is 2.71. The lowest BCUT2D eigenvalue weighted by atomic mass is 9.70. The van der Waals surface area contributed by atoms with E-state index in [0.29, 0.717) is 16.3 Å². The van der Waals surface area contributed by atoms with E-state index in [1.54, 1.807) is 10.6 Å². The Kier molecular flexibility index (Phi) is 2.43. The van der Waals surface area contributed by atoms with Gasteiger partial charge in [-0.25, -0.2) is 0 Å². The van der Waals surface area contributed by atoms with Crippen LogP contribution in [0.25, 0.3) is 5.78 Å². The third kappa shape index (κ3) is 1.95. The van der Waals surface area contributed by atoms with Gasteiger partial charge in [0.15, 0.2) is 0 Å². The predicted octanol–water partition coefficient (Wildman–Crippen LogP) is 2.38. The normalized spacial score (nSPS) is 18.0. The first-order valence-corrected chi connectivity index (χ1v) is 6.14. The third-order valence-corrected chi connectivity index (χ3v) is 3.67. The van der Waals surface area contributed by atoms with E-state index in [-0.39, 0.29) is 0 Å². The monoisotopic (exact) mass is 251 g/mol. The minimum Gasteiger partial charge on any atom is -0.369 e. The maximum atomic E-state index is 5.95. The predicted molar refractivity (Wildman–Crippen MR) is 66.2 cm³/mol. The fraction of sp³-hybridized carbons (Fsp3) is 0.545. The van der Waals surface area contributed by atoms with Crippen LogP contribution in [0.15, 0.2) is 12.4 Å². The number of aromatic nitrogens is 4. The SMILES string of the molecule is CC1(CNc2cc(Cl)nc3ncnn23)CCC1. The molecule has 0 spiro atoms. The Balaban J connectivity index is 1.86. The van der Waals surface area contributed by atoms with E-state index in [9.17, 15) is 0 Å². The van der Waals surface area contributed by atoms with Gasteiger partial charge in [-0.3, -0.25) is 0 Å². The van der Waals surface area contributed by atoms with Gasteiger partial charge in [0.25, 0.3) is 5.78 Å². The summed E-state index contributed by atoms with van der Waals surface area (Å²) in [7, 11) is 0. The second kappa shape index (κ2) is 3.84. The van der Waals surface area contributed by atoms with Crippen LogP contribution in [0.2, 0.25) is 5.15 Å². The average molecular weight is 252 g/mol. The quantitative estimate of drug-likeness (QED) is 0.851. The highest BCUT2D eigenvalue weighted by Gasteiger charge is 2.31. The Morgan fingerprint density at radius 1 is 1.53 bits per heavy atom. The van der Waals surface area contributed by atoms with Crippen molar-refractivity contribution in [3.8, 4) is 0 Å². The van der Waals surface area contributed by atoms with Crippen LogP contribution < -0.4 is 5.32 Å². The Morgan fingerprint density at radius 2 is 2.35 bits per heavy atom. The van der Waals surface area contributed by atoms with Crippen molar-refractivity contribution in [2.75, 3.05) is 11.9 Å². The van der Waals surface area contributed by atoms with Gasteiger partial charge in [0.2, 0.25) is 0 Å². The van der Waals surface area contributed by atoms with Crippen molar-refractivity contribution in [1.82, 2.24) is 19.6 Å². The van der Waals surface area contributed by atoms with Gasteiger partial charge in [-0.05, 0) is 18.3 Å². The first-order valence-electron chi connectivity index (χ1n) is 5.76. The fourth-order valence-corrected chi connectivity index (χ4v) is 2.35. The van der Waals surface area contributed by atoms with Crippen molar-refractivity contribution in [2.45, 2.75) is 26.2 Å². The fourth-order valence-electron chi connectivity index (χ4n) is 2.17. The van der Waals surface area contributed by atoms with E-state index in [1.165, 1.54) is 25.6 Å². The maximum absolute atomic E-state index is 5.95. The molecule has 2 heterocycles. The highest BCUT2D eigenvalue weighted by molar-refractivity contribution is 6.29. The topological polar surface area (TPSA) is 55.1 Å². The molecule has 90 valence electrons. The minimum absolute atomic E-state index is 0.405. The molecule has 0 aliphatic heterocycles. The molecule has 2 aromatic heterocycles. The van der Waals surface area contributed by atoms with Crippen molar-refractivity contribution in [2.24, 2.45) is 5.41 Å². The van der Waals surface area contributed by atoms with Crippen LogP contribution in [0.3, 0.4) is 0 Å². The van der Waals surface area contributed by atoms with Crippen LogP contribution in [0, 0.1) is 5.41 Å². The number of hydrogen-bond acceptors (Lipinski definition) is 4. The zero-order valence-electron chi connectivity index (χ0n) is 9.65. The van der Waals surface area contributed by atoms with Crippen LogP contribution in [0.1, 0.15) is 26.2 Å². The summed E-state index contributed by atoms with van der Waals surface area (Å²) in [5.41, 5.74) is 0.405. The van der Waals surface area contributed by atoms with Gasteiger partial charge < -0.3 is 5.32 Å². The van der Waals surface area contributed by atoms with Crippen LogP contribution >= 0.6 is 11.6 Å². The molecule has 0 bridgehead atoms. The standard InChI is InChI=1S/C11H14ClN5/c1-11(3-2-4-11)6-13-9-5-8(12)16-10-14-7-15-17(9)10/h5,7,13H,2-4,6H2,1H3. The summed E-state index contributed by atoms with van der Waals surface area (Å²) in [4.78, 5) is 8.12. The molecule has 0 saturated heterocycles. The van der Waals surface area contributed by atoms with Gasteiger partial charge >= 0.3 is 0 Å². The molecule has 1 N–H and O–H groups in total. The molecule has 0 atom stereocenters. The van der Waals surface area contributed by atoms with Gasteiger partial charge in [0.1, 0.15) is 17.3 Å². The molecule has 0 unspecified atom stereocenters. The highest BCUT2D eigenvalue weighted by atomic mass is 35.5. The molecular weight excluding hydrogens is 238 g/mol. The summed E-state index contributed by atoms with van der Waals surface area (Å²) in [5.74, 6) is 1.38. The number of hydrogen-bond donors (Lipinski definition) is 1. The summed E-state index contributed by atoms with van der Waals surface area (Å²) in [6, 6.07) is 1.78. The molecule has 2 aromatic rings. The van der Waals surface area contributed by atoms with Crippen LogP contribution in [-0.2, 0) is 0 Å². The van der Waals surface area contributed by atoms with Gasteiger partial charge in [0, 0.05) is 12.6 Å². The number of anilines is 1. The zero-order valence-corrected chi connectivity index (χ0v) is 10.4.